The average Bonchev–Trinajstić information content (AvgIpc) is 1.84. The van der Waals surface area contributed by atoms with Crippen molar-refractivity contribution in [3.05, 3.63) is 35.4 Å². The molecule has 0 amide bonds. The van der Waals surface area contributed by atoms with E-state index in [1.807, 2.05) is 0 Å². The van der Waals surface area contributed by atoms with E-state index in [1.165, 1.54) is 6.07 Å². The molecule has 0 saturated heterocycles. The molecule has 0 heterocycles. The Morgan fingerprint density at radius 1 is 0.909 bits per heavy atom. The number of hydrogen-bond donors (Lipinski definition) is 0. The second-order valence-electron chi connectivity index (χ2n) is 1.59. The molecule has 1 aromatic rings. The molecule has 1 radical (unpaired) electrons. The second-order valence-corrected chi connectivity index (χ2v) is 1.59. The van der Waals surface area contributed by atoms with Gasteiger partial charge in [-0.05, 0) is 0 Å². The number of rotatable bonds is 0. The molecule has 1 rings (SSSR count). The second kappa shape index (κ2) is 3.81. The van der Waals surface area contributed by atoms with E-state index in [0.717, 1.165) is 0 Å². The van der Waals surface area contributed by atoms with Gasteiger partial charge in [-0.1, -0.05) is 0 Å². The Bertz CT molecular complexity index is 211. The molecule has 0 aliphatic heterocycles. The van der Waals surface area contributed by atoms with Crippen molar-refractivity contribution in [3.8, 4) is 0 Å². The minimum atomic E-state index is -1.51. The van der Waals surface area contributed by atoms with Crippen LogP contribution in [0.3, 0.4) is 0 Å². The summed E-state index contributed by atoms with van der Waals surface area (Å²) in [5.41, 5.74) is 0. The minimum Gasteiger partial charge on any atom is -0.204 e. The van der Waals surface area contributed by atoms with Crippen LogP contribution in [0.2, 0.25) is 0 Å². The van der Waals surface area contributed by atoms with Crippen LogP contribution in [0.15, 0.2) is 6.07 Å². The molecule has 0 bridgehead atoms. The van der Waals surface area contributed by atoms with Crippen LogP contribution in [0.1, 0.15) is 0 Å². The SMILES string of the molecule is Fc1[c]c(F)c(F)cc1F.[Zn]. The molecule has 0 nitrogen and oxygen atoms in total. The van der Waals surface area contributed by atoms with Crippen LogP contribution < -0.4 is 0 Å². The molecule has 0 aromatic heterocycles. The third-order valence-electron chi connectivity index (χ3n) is 0.892. The van der Waals surface area contributed by atoms with Gasteiger partial charge in [0.15, 0.2) is 23.3 Å². The van der Waals surface area contributed by atoms with Gasteiger partial charge in [0.2, 0.25) is 0 Å². The molecule has 0 unspecified atom stereocenters. The third-order valence-corrected chi connectivity index (χ3v) is 0.892. The maximum absolute atomic E-state index is 11.9. The molecular weight excluding hydrogens is 213 g/mol. The Balaban J connectivity index is 0.000001000. The van der Waals surface area contributed by atoms with Crippen molar-refractivity contribution in [2.75, 3.05) is 0 Å². The summed E-state index contributed by atoms with van der Waals surface area (Å²) in [4.78, 5) is 0. The molecular formula is C6HF4Zn. The Morgan fingerprint density at radius 3 is 1.55 bits per heavy atom. The molecule has 0 saturated carbocycles. The van der Waals surface area contributed by atoms with Gasteiger partial charge in [0.1, 0.15) is 0 Å². The molecule has 11 heavy (non-hydrogen) atoms. The van der Waals surface area contributed by atoms with E-state index >= 15 is 0 Å². The molecule has 55 valence electrons. The monoisotopic (exact) mass is 213 g/mol. The van der Waals surface area contributed by atoms with Gasteiger partial charge in [-0.15, -0.1) is 0 Å². The van der Waals surface area contributed by atoms with Crippen molar-refractivity contribution in [1.82, 2.24) is 0 Å². The zero-order valence-corrected chi connectivity index (χ0v) is 8.26. The Hall–Kier alpha value is -0.437. The van der Waals surface area contributed by atoms with Gasteiger partial charge in [-0.3, -0.25) is 0 Å². The molecule has 0 N–H and O–H groups in total. The van der Waals surface area contributed by atoms with E-state index in [2.05, 4.69) is 0 Å². The predicted octanol–water partition coefficient (Wildman–Crippen LogP) is 2.04. The van der Waals surface area contributed by atoms with E-state index in [0.29, 0.717) is 0 Å². The van der Waals surface area contributed by atoms with Gasteiger partial charge >= 0.3 is 0 Å². The minimum absolute atomic E-state index is 0. The van der Waals surface area contributed by atoms with Crippen molar-refractivity contribution in [2.45, 2.75) is 0 Å². The molecule has 1 aromatic carbocycles. The van der Waals surface area contributed by atoms with Gasteiger partial charge in [-0.2, -0.15) is 0 Å². The standard InChI is InChI=1S/C6HF4.Zn/c7-3-1-4(8)6(10)2-5(3)9;/h1H;. The first-order valence-corrected chi connectivity index (χ1v) is 2.33. The van der Waals surface area contributed by atoms with E-state index in [9.17, 15) is 17.6 Å². The van der Waals surface area contributed by atoms with Gasteiger partial charge in [-0.25, -0.2) is 17.6 Å². The van der Waals surface area contributed by atoms with Crippen LogP contribution in [0.25, 0.3) is 0 Å². The fourth-order valence-corrected chi connectivity index (χ4v) is 0.454. The first kappa shape index (κ1) is 10.6. The largest absolute Gasteiger partial charge is 0.204 e. The third kappa shape index (κ3) is 2.26. The van der Waals surface area contributed by atoms with E-state index in [4.69, 9.17) is 0 Å². The van der Waals surface area contributed by atoms with Crippen LogP contribution >= 0.6 is 0 Å². The predicted molar refractivity (Wildman–Crippen MR) is 25.1 cm³/mol. The fourth-order valence-electron chi connectivity index (χ4n) is 0.454. The van der Waals surface area contributed by atoms with Crippen molar-refractivity contribution in [3.63, 3.8) is 0 Å². The molecule has 5 heteroatoms. The summed E-state index contributed by atoms with van der Waals surface area (Å²) in [6, 6.07) is 1.35. The smallest absolute Gasteiger partial charge is 0.170 e. The Labute approximate surface area is 73.0 Å². The van der Waals surface area contributed by atoms with Crippen LogP contribution in [-0.4, -0.2) is 0 Å². The Kier molecular flexibility index (Phi) is 3.66. The Morgan fingerprint density at radius 2 is 1.27 bits per heavy atom. The maximum Gasteiger partial charge on any atom is 0.170 e. The van der Waals surface area contributed by atoms with Gasteiger partial charge < -0.3 is 0 Å². The first-order chi connectivity index (χ1) is 4.61. The van der Waals surface area contributed by atoms with Crippen molar-refractivity contribution in [2.24, 2.45) is 0 Å². The summed E-state index contributed by atoms with van der Waals surface area (Å²) in [7, 11) is 0. The van der Waals surface area contributed by atoms with Crippen molar-refractivity contribution < 1.29 is 37.0 Å². The van der Waals surface area contributed by atoms with Crippen LogP contribution in [0.5, 0.6) is 0 Å². The number of hydrogen-bond acceptors (Lipinski definition) is 0. The summed E-state index contributed by atoms with van der Waals surface area (Å²) in [5, 5.41) is 0. The van der Waals surface area contributed by atoms with Crippen LogP contribution in [0, 0.1) is 29.3 Å². The van der Waals surface area contributed by atoms with E-state index < -0.39 is 23.3 Å². The summed E-state index contributed by atoms with van der Waals surface area (Å²) in [6.45, 7) is 0. The number of benzene rings is 1. The van der Waals surface area contributed by atoms with Crippen LogP contribution in [0.4, 0.5) is 17.6 Å². The zero-order chi connectivity index (χ0) is 7.72. The van der Waals surface area contributed by atoms with Crippen LogP contribution in [-0.2, 0) is 19.5 Å². The van der Waals surface area contributed by atoms with Crippen molar-refractivity contribution in [1.29, 1.82) is 0 Å². The average molecular weight is 214 g/mol. The topological polar surface area (TPSA) is 0 Å². The van der Waals surface area contributed by atoms with Gasteiger partial charge in [0, 0.05) is 25.5 Å². The van der Waals surface area contributed by atoms with E-state index in [1.54, 1.807) is 0 Å². The maximum atomic E-state index is 11.9. The molecule has 0 spiro atoms. The molecule has 0 aliphatic carbocycles. The molecule has 0 atom stereocenters. The van der Waals surface area contributed by atoms with Crippen molar-refractivity contribution >= 4 is 0 Å². The summed E-state index contributed by atoms with van der Waals surface area (Å²) in [5.74, 6) is -5.92. The summed E-state index contributed by atoms with van der Waals surface area (Å²) in [6.07, 6.45) is 0. The molecule has 0 aliphatic rings. The van der Waals surface area contributed by atoms with Gasteiger partial charge in [0.25, 0.3) is 0 Å². The molecule has 0 fully saturated rings. The zero-order valence-electron chi connectivity index (χ0n) is 5.30. The fraction of sp³-hybridized carbons (Fsp3) is 0. The van der Waals surface area contributed by atoms with E-state index in [-0.39, 0.29) is 25.5 Å². The summed E-state index contributed by atoms with van der Waals surface area (Å²) >= 11 is 0. The number of halogens is 4. The quantitative estimate of drug-likeness (QED) is 0.352. The first-order valence-electron chi connectivity index (χ1n) is 2.33. The van der Waals surface area contributed by atoms with Gasteiger partial charge in [0.05, 0.1) is 6.07 Å². The normalized spacial score (nSPS) is 9.09. The summed E-state index contributed by atoms with van der Waals surface area (Å²) < 4.78 is 47.7.